The number of imidazole rings is 1. The van der Waals surface area contributed by atoms with Crippen molar-refractivity contribution in [2.24, 2.45) is 0 Å². The normalized spacial score (nSPS) is 15.9. The highest BCUT2D eigenvalue weighted by Crippen LogP contribution is 2.38. The van der Waals surface area contributed by atoms with Gasteiger partial charge in [-0.15, -0.1) is 0 Å². The van der Waals surface area contributed by atoms with E-state index < -0.39 is 10.8 Å². The summed E-state index contributed by atoms with van der Waals surface area (Å²) in [7, 11) is 0. The Balaban J connectivity index is 1.55. The predicted molar refractivity (Wildman–Crippen MR) is 125 cm³/mol. The number of rotatable bonds is 5. The van der Waals surface area contributed by atoms with Crippen LogP contribution in [0.1, 0.15) is 37.7 Å². The van der Waals surface area contributed by atoms with Crippen LogP contribution in [-0.4, -0.2) is 32.6 Å². The first kappa shape index (κ1) is 21.2. The fourth-order valence-corrected chi connectivity index (χ4v) is 4.65. The van der Waals surface area contributed by atoms with Crippen LogP contribution < -0.4 is 10.2 Å². The number of benzene rings is 2. The maximum atomic E-state index is 13.5. The standard InChI is InChI=1S/C24H26N4O2S/c1-15-19(14-17-10-6-5-7-11-17)27-23(25-15)31-16(2)21(29)28-20-13-9-8-12-18(20)26-22(30)24(28,3)4/h5-13,16H,14H2,1-4H3,(H,25,27)(H,26,30). The second kappa shape index (κ2) is 8.23. The van der Waals surface area contributed by atoms with Gasteiger partial charge in [0.05, 0.1) is 22.3 Å². The van der Waals surface area contributed by atoms with E-state index in [1.807, 2.05) is 56.3 Å². The van der Waals surface area contributed by atoms with E-state index in [1.165, 1.54) is 17.3 Å². The van der Waals surface area contributed by atoms with Crippen molar-refractivity contribution in [1.29, 1.82) is 0 Å². The van der Waals surface area contributed by atoms with Crippen molar-refractivity contribution in [3.63, 3.8) is 0 Å². The largest absolute Gasteiger partial charge is 0.337 e. The lowest BCUT2D eigenvalue weighted by Gasteiger charge is -2.42. The first-order chi connectivity index (χ1) is 14.8. The molecule has 0 radical (unpaired) electrons. The van der Waals surface area contributed by atoms with Crippen molar-refractivity contribution in [2.75, 3.05) is 10.2 Å². The molecule has 6 nitrogen and oxygen atoms in total. The Bertz CT molecular complexity index is 1120. The highest BCUT2D eigenvalue weighted by Gasteiger charge is 2.44. The number of carbonyl (C=O) groups is 2. The van der Waals surface area contributed by atoms with Crippen LogP contribution >= 0.6 is 11.8 Å². The summed E-state index contributed by atoms with van der Waals surface area (Å²) in [4.78, 5) is 35.8. The maximum absolute atomic E-state index is 13.5. The minimum absolute atomic E-state index is 0.129. The first-order valence-electron chi connectivity index (χ1n) is 10.3. The van der Waals surface area contributed by atoms with E-state index in [0.717, 1.165) is 17.8 Å². The van der Waals surface area contributed by atoms with E-state index in [0.29, 0.717) is 16.5 Å². The third-order valence-electron chi connectivity index (χ3n) is 5.54. The van der Waals surface area contributed by atoms with Crippen molar-refractivity contribution in [3.05, 3.63) is 71.5 Å². The molecule has 1 aromatic heterocycles. The second-order valence-electron chi connectivity index (χ2n) is 8.24. The molecule has 2 N–H and O–H groups in total. The number of hydrogen-bond donors (Lipinski definition) is 2. The number of H-pyrrole nitrogens is 1. The Morgan fingerprint density at radius 1 is 1.13 bits per heavy atom. The zero-order valence-corrected chi connectivity index (χ0v) is 18.9. The van der Waals surface area contributed by atoms with Crippen molar-refractivity contribution >= 4 is 35.0 Å². The Morgan fingerprint density at radius 3 is 2.55 bits per heavy atom. The third-order valence-corrected chi connectivity index (χ3v) is 6.51. The summed E-state index contributed by atoms with van der Waals surface area (Å²) in [6.45, 7) is 7.38. The van der Waals surface area contributed by atoms with Gasteiger partial charge in [-0.1, -0.05) is 54.2 Å². The maximum Gasteiger partial charge on any atom is 0.250 e. The van der Waals surface area contributed by atoms with E-state index in [-0.39, 0.29) is 11.8 Å². The number of para-hydroxylation sites is 2. The predicted octanol–water partition coefficient (Wildman–Crippen LogP) is 4.55. The zero-order valence-electron chi connectivity index (χ0n) is 18.1. The van der Waals surface area contributed by atoms with Gasteiger partial charge in [0.2, 0.25) is 11.8 Å². The van der Waals surface area contributed by atoms with Gasteiger partial charge in [-0.25, -0.2) is 4.98 Å². The molecule has 0 aliphatic carbocycles. The Kier molecular flexibility index (Phi) is 5.62. The zero-order chi connectivity index (χ0) is 22.2. The third kappa shape index (κ3) is 4.10. The molecule has 160 valence electrons. The summed E-state index contributed by atoms with van der Waals surface area (Å²) in [5.41, 5.74) is 3.53. The Morgan fingerprint density at radius 2 is 1.81 bits per heavy atom. The van der Waals surface area contributed by atoms with E-state index in [1.54, 1.807) is 18.7 Å². The van der Waals surface area contributed by atoms with Crippen molar-refractivity contribution in [3.8, 4) is 0 Å². The molecular formula is C24H26N4O2S. The van der Waals surface area contributed by atoms with Gasteiger partial charge in [-0.3, -0.25) is 14.5 Å². The Labute approximate surface area is 186 Å². The topological polar surface area (TPSA) is 78.1 Å². The monoisotopic (exact) mass is 434 g/mol. The summed E-state index contributed by atoms with van der Waals surface area (Å²) < 4.78 is 0. The van der Waals surface area contributed by atoms with Crippen LogP contribution in [0.5, 0.6) is 0 Å². The molecule has 0 spiro atoms. The van der Waals surface area contributed by atoms with Gasteiger partial charge in [0.15, 0.2) is 5.16 Å². The van der Waals surface area contributed by atoms with E-state index in [4.69, 9.17) is 4.98 Å². The van der Waals surface area contributed by atoms with Crippen molar-refractivity contribution < 1.29 is 9.59 Å². The molecule has 0 saturated heterocycles. The molecule has 31 heavy (non-hydrogen) atoms. The van der Waals surface area contributed by atoms with E-state index >= 15 is 0 Å². The number of thioether (sulfide) groups is 1. The number of anilines is 2. The summed E-state index contributed by atoms with van der Waals surface area (Å²) >= 11 is 1.38. The number of fused-ring (bicyclic) bond motifs is 1. The number of aromatic nitrogens is 2. The lowest BCUT2D eigenvalue weighted by atomic mass is 9.96. The van der Waals surface area contributed by atoms with Gasteiger partial charge in [0.1, 0.15) is 5.54 Å². The lowest BCUT2D eigenvalue weighted by molar-refractivity contribution is -0.126. The summed E-state index contributed by atoms with van der Waals surface area (Å²) in [5.74, 6) is -0.327. The van der Waals surface area contributed by atoms with Crippen LogP contribution in [0.15, 0.2) is 59.8 Å². The van der Waals surface area contributed by atoms with Gasteiger partial charge >= 0.3 is 0 Å². The highest BCUT2D eigenvalue weighted by atomic mass is 32.2. The molecule has 4 rings (SSSR count). The van der Waals surface area contributed by atoms with Crippen LogP contribution in [0.3, 0.4) is 0 Å². The van der Waals surface area contributed by atoms with Gasteiger partial charge in [-0.2, -0.15) is 0 Å². The number of nitrogens with one attached hydrogen (secondary N) is 2. The van der Waals surface area contributed by atoms with Crippen LogP contribution in [0, 0.1) is 6.92 Å². The molecular weight excluding hydrogens is 408 g/mol. The molecule has 1 unspecified atom stereocenters. The molecule has 0 bridgehead atoms. The van der Waals surface area contributed by atoms with Crippen LogP contribution in [0.4, 0.5) is 11.4 Å². The van der Waals surface area contributed by atoms with Gasteiger partial charge in [0.25, 0.3) is 0 Å². The number of amides is 2. The average molecular weight is 435 g/mol. The van der Waals surface area contributed by atoms with E-state index in [9.17, 15) is 9.59 Å². The summed E-state index contributed by atoms with van der Waals surface area (Å²) in [6.07, 6.45) is 0.735. The van der Waals surface area contributed by atoms with E-state index in [2.05, 4.69) is 22.4 Å². The Hall–Kier alpha value is -3.06. The minimum atomic E-state index is -0.988. The molecule has 2 aromatic carbocycles. The molecule has 1 aliphatic rings. The summed E-state index contributed by atoms with van der Waals surface area (Å²) in [6, 6.07) is 17.6. The smallest absolute Gasteiger partial charge is 0.250 e. The number of carbonyl (C=O) groups excluding carboxylic acids is 2. The van der Waals surface area contributed by atoms with Gasteiger partial charge < -0.3 is 10.3 Å². The fourth-order valence-electron chi connectivity index (χ4n) is 3.73. The molecule has 3 aromatic rings. The number of nitrogens with zero attached hydrogens (tertiary/aromatic N) is 2. The van der Waals surface area contributed by atoms with Gasteiger partial charge in [0, 0.05) is 12.1 Å². The average Bonchev–Trinajstić information content (AvgIpc) is 3.07. The van der Waals surface area contributed by atoms with Crippen LogP contribution in [0.2, 0.25) is 0 Å². The molecule has 1 atom stereocenters. The SMILES string of the molecule is Cc1[nH]c(SC(C)C(=O)N2c3ccccc3NC(=O)C2(C)C)nc1Cc1ccccc1. The van der Waals surface area contributed by atoms with Crippen LogP contribution in [-0.2, 0) is 16.0 Å². The quantitative estimate of drug-likeness (QED) is 0.578. The van der Waals surface area contributed by atoms with Crippen molar-refractivity contribution in [1.82, 2.24) is 9.97 Å². The number of aromatic amines is 1. The van der Waals surface area contributed by atoms with Crippen LogP contribution in [0.25, 0.3) is 0 Å². The highest BCUT2D eigenvalue weighted by molar-refractivity contribution is 8.00. The van der Waals surface area contributed by atoms with Gasteiger partial charge in [-0.05, 0) is 45.4 Å². The lowest BCUT2D eigenvalue weighted by Crippen LogP contribution is -2.60. The second-order valence-corrected chi connectivity index (χ2v) is 9.57. The number of hydrogen-bond acceptors (Lipinski definition) is 4. The molecule has 2 amide bonds. The minimum Gasteiger partial charge on any atom is -0.337 e. The van der Waals surface area contributed by atoms with Crippen molar-refractivity contribution in [2.45, 2.75) is 50.1 Å². The molecule has 0 saturated carbocycles. The fraction of sp³-hybridized carbons (Fsp3) is 0.292. The molecule has 1 aliphatic heterocycles. The number of aryl methyl sites for hydroxylation is 1. The molecule has 7 heteroatoms. The summed E-state index contributed by atoms with van der Waals surface area (Å²) in [5, 5.41) is 3.18. The molecule has 0 fully saturated rings. The molecule has 2 heterocycles. The first-order valence-corrected chi connectivity index (χ1v) is 11.2.